The summed E-state index contributed by atoms with van der Waals surface area (Å²) in [5.41, 5.74) is 2.41. The van der Waals surface area contributed by atoms with E-state index in [1.165, 1.54) is 30.5 Å². The topological polar surface area (TPSA) is 141 Å². The van der Waals surface area contributed by atoms with Gasteiger partial charge < -0.3 is 19.4 Å². The lowest BCUT2D eigenvalue weighted by molar-refractivity contribution is -0.145. The van der Waals surface area contributed by atoms with Gasteiger partial charge in [0.2, 0.25) is 0 Å². The van der Waals surface area contributed by atoms with Crippen molar-refractivity contribution in [2.45, 2.75) is 31.6 Å². The van der Waals surface area contributed by atoms with Crippen LogP contribution in [-0.2, 0) is 25.7 Å². The average Bonchev–Trinajstić information content (AvgIpc) is 3.66. The Morgan fingerprint density at radius 3 is 2.84 bits per heavy atom. The van der Waals surface area contributed by atoms with Gasteiger partial charge in [-0.25, -0.2) is 13.9 Å². The predicted octanol–water partition coefficient (Wildman–Crippen LogP) is 2.73. The number of carboxylic acid groups (broad SMARTS) is 1. The van der Waals surface area contributed by atoms with Crippen molar-refractivity contribution in [3.63, 3.8) is 0 Å². The molecule has 198 valence electrons. The number of halogens is 1. The summed E-state index contributed by atoms with van der Waals surface area (Å²) in [5.74, 6) is -2.15. The third kappa shape index (κ3) is 5.47. The average molecular weight is 525 g/mol. The van der Waals surface area contributed by atoms with E-state index < -0.39 is 29.9 Å². The zero-order chi connectivity index (χ0) is 26.6. The van der Waals surface area contributed by atoms with Gasteiger partial charge in [0.25, 0.3) is 0 Å². The van der Waals surface area contributed by atoms with Crippen molar-refractivity contribution in [1.29, 1.82) is 0 Å². The molecule has 0 aliphatic carbocycles. The summed E-state index contributed by atoms with van der Waals surface area (Å²) in [6.45, 7) is 0.702. The summed E-state index contributed by atoms with van der Waals surface area (Å²) in [6, 6.07) is 7.97. The molecule has 4 heterocycles. The lowest BCUT2D eigenvalue weighted by Gasteiger charge is -2.15. The Hall–Kier alpha value is -4.39. The van der Waals surface area contributed by atoms with Crippen molar-refractivity contribution in [1.82, 2.24) is 20.0 Å². The summed E-state index contributed by atoms with van der Waals surface area (Å²) in [7, 11) is 1.45. The maximum atomic E-state index is 15.1. The quantitative estimate of drug-likeness (QED) is 0.424. The molecule has 12 nitrogen and oxygen atoms in total. The number of hydrogen-bond acceptors (Lipinski definition) is 9. The number of hydrogen-bond donors (Lipinski definition) is 1. The van der Waals surface area contributed by atoms with Crippen molar-refractivity contribution in [2.24, 2.45) is 11.1 Å². The monoisotopic (exact) mass is 524 g/mol. The van der Waals surface area contributed by atoms with Gasteiger partial charge in [0.1, 0.15) is 23.7 Å². The Kier molecular flexibility index (Phi) is 7.26. The van der Waals surface area contributed by atoms with Gasteiger partial charge in [0.05, 0.1) is 43.2 Å². The fraction of sp³-hybridized carbons (Fsp3) is 0.360. The number of pyridine rings is 1. The molecule has 0 bridgehead atoms. The van der Waals surface area contributed by atoms with Crippen LogP contribution in [0, 0.1) is 11.7 Å². The highest BCUT2D eigenvalue weighted by Crippen LogP contribution is 2.30. The second-order valence-electron chi connectivity index (χ2n) is 9.03. The molecular weight excluding hydrogens is 499 g/mol. The third-order valence-electron chi connectivity index (χ3n) is 6.37. The Labute approximate surface area is 216 Å². The number of anilines is 1. The lowest BCUT2D eigenvalue weighted by atomic mass is 9.98. The van der Waals surface area contributed by atoms with Crippen LogP contribution in [0.5, 0.6) is 0 Å². The lowest BCUT2D eigenvalue weighted by Crippen LogP contribution is -2.26. The molecule has 2 aliphatic rings. The molecule has 0 radical (unpaired) electrons. The fourth-order valence-corrected chi connectivity index (χ4v) is 4.46. The van der Waals surface area contributed by atoms with E-state index >= 15 is 4.39 Å². The van der Waals surface area contributed by atoms with E-state index in [1.54, 1.807) is 35.1 Å². The van der Waals surface area contributed by atoms with Crippen LogP contribution in [0.15, 0.2) is 54.1 Å². The highest BCUT2D eigenvalue weighted by molar-refractivity contribution is 5.99. The number of nitrogens with zero attached hydrogens (tertiary/aromatic N) is 6. The fourth-order valence-electron chi connectivity index (χ4n) is 4.46. The summed E-state index contributed by atoms with van der Waals surface area (Å²) in [4.78, 5) is 34.9. The third-order valence-corrected chi connectivity index (χ3v) is 6.37. The number of carbonyl (C=O) groups excluding carboxylic acids is 1. The van der Waals surface area contributed by atoms with Gasteiger partial charge in [-0.3, -0.25) is 14.7 Å². The zero-order valence-electron chi connectivity index (χ0n) is 20.4. The summed E-state index contributed by atoms with van der Waals surface area (Å²) in [5, 5.41) is 21.0. The molecular formula is C25H25FN6O6. The number of oxime groups is 1. The van der Waals surface area contributed by atoms with Crippen molar-refractivity contribution < 1.29 is 33.4 Å². The van der Waals surface area contributed by atoms with Crippen LogP contribution in [0.2, 0.25) is 0 Å². The van der Waals surface area contributed by atoms with Crippen LogP contribution in [0.1, 0.15) is 18.5 Å². The number of rotatable bonds is 10. The second-order valence-corrected chi connectivity index (χ2v) is 9.03. The van der Waals surface area contributed by atoms with Crippen molar-refractivity contribution >= 4 is 23.5 Å². The SMILES string of the molecule is COCC(C[C@H]1CC(c2ccc(-c3ccc(N4C[C@H](Cn5ccnn5)OC4=O)cc3F)cn2)=NO1)C(=O)O. The maximum Gasteiger partial charge on any atom is 0.414 e. The van der Waals surface area contributed by atoms with E-state index in [2.05, 4.69) is 20.5 Å². The minimum Gasteiger partial charge on any atom is -0.481 e. The first-order chi connectivity index (χ1) is 18.4. The zero-order valence-corrected chi connectivity index (χ0v) is 20.4. The highest BCUT2D eigenvalue weighted by Gasteiger charge is 2.33. The molecule has 1 unspecified atom stereocenters. The van der Waals surface area contributed by atoms with Crippen LogP contribution in [0.4, 0.5) is 14.9 Å². The normalized spacial score (nSPS) is 19.7. The largest absolute Gasteiger partial charge is 0.481 e. The van der Waals surface area contributed by atoms with Gasteiger partial charge >= 0.3 is 12.1 Å². The standard InChI is InChI=1S/C25H25FN6O6/c1-36-14-16(24(33)34)8-18-10-23(29-38-18)22-5-2-15(11-27-22)20-4-3-17(9-21(20)26)32-13-19(37-25(32)35)12-31-7-6-28-30-31/h2-7,9,11,16,18-19H,8,10,12-14H2,1H3,(H,33,34)/t16?,18-,19-/m0/s1. The minimum absolute atomic E-state index is 0.0876. The Bertz CT molecular complexity index is 1330. The first-order valence-corrected chi connectivity index (χ1v) is 11.9. The van der Waals surface area contributed by atoms with Crippen LogP contribution in [-0.4, -0.2) is 75.3 Å². The first-order valence-electron chi connectivity index (χ1n) is 11.9. The summed E-state index contributed by atoms with van der Waals surface area (Å²) >= 11 is 0. The van der Waals surface area contributed by atoms with Crippen LogP contribution < -0.4 is 4.90 Å². The van der Waals surface area contributed by atoms with E-state index in [0.717, 1.165) is 0 Å². The van der Waals surface area contributed by atoms with Gasteiger partial charge in [-0.05, 0) is 24.3 Å². The number of amides is 1. The van der Waals surface area contributed by atoms with Crippen LogP contribution in [0.25, 0.3) is 11.1 Å². The smallest absolute Gasteiger partial charge is 0.414 e. The van der Waals surface area contributed by atoms with Gasteiger partial charge in [-0.1, -0.05) is 16.4 Å². The number of aliphatic carboxylic acids is 1. The van der Waals surface area contributed by atoms with E-state index in [-0.39, 0.29) is 25.7 Å². The number of benzene rings is 1. The van der Waals surface area contributed by atoms with Crippen LogP contribution in [0.3, 0.4) is 0 Å². The molecule has 1 fully saturated rings. The molecule has 1 N–H and O–H groups in total. The minimum atomic E-state index is -0.951. The van der Waals surface area contributed by atoms with Gasteiger partial charge in [-0.2, -0.15) is 0 Å². The van der Waals surface area contributed by atoms with Gasteiger partial charge in [-0.15, -0.1) is 5.10 Å². The predicted molar refractivity (Wildman–Crippen MR) is 131 cm³/mol. The molecule has 2 aromatic heterocycles. The molecule has 1 amide bonds. The van der Waals surface area contributed by atoms with Crippen molar-refractivity contribution in [2.75, 3.05) is 25.2 Å². The van der Waals surface area contributed by atoms with Crippen molar-refractivity contribution in [3.05, 3.63) is 60.4 Å². The number of methoxy groups -OCH3 is 1. The Balaban J connectivity index is 1.22. The number of aromatic nitrogens is 4. The molecule has 0 spiro atoms. The van der Waals surface area contributed by atoms with E-state index in [4.69, 9.17) is 14.3 Å². The second kappa shape index (κ2) is 10.9. The summed E-state index contributed by atoms with van der Waals surface area (Å²) < 4.78 is 27.0. The maximum absolute atomic E-state index is 15.1. The van der Waals surface area contributed by atoms with Gasteiger partial charge in [0, 0.05) is 43.5 Å². The van der Waals surface area contributed by atoms with E-state index in [0.29, 0.717) is 41.2 Å². The van der Waals surface area contributed by atoms with Crippen molar-refractivity contribution in [3.8, 4) is 11.1 Å². The molecule has 38 heavy (non-hydrogen) atoms. The number of ether oxygens (including phenoxy) is 2. The van der Waals surface area contributed by atoms with Crippen LogP contribution >= 0.6 is 0 Å². The number of carbonyl (C=O) groups is 2. The Morgan fingerprint density at radius 2 is 2.16 bits per heavy atom. The Morgan fingerprint density at radius 1 is 1.29 bits per heavy atom. The molecule has 2 aliphatic heterocycles. The number of carboxylic acids is 1. The molecule has 5 rings (SSSR count). The van der Waals surface area contributed by atoms with E-state index in [1.807, 2.05) is 0 Å². The molecule has 13 heteroatoms. The molecule has 1 aromatic carbocycles. The summed E-state index contributed by atoms with van der Waals surface area (Å²) in [6.07, 6.45) is 4.05. The molecule has 3 atom stereocenters. The number of cyclic esters (lactones) is 1. The van der Waals surface area contributed by atoms with E-state index in [9.17, 15) is 14.7 Å². The molecule has 1 saturated heterocycles. The van der Waals surface area contributed by atoms with Gasteiger partial charge in [0.15, 0.2) is 0 Å². The molecule has 3 aromatic rings. The molecule has 0 saturated carbocycles. The highest BCUT2D eigenvalue weighted by atomic mass is 19.1. The first kappa shape index (κ1) is 25.3.